The lowest BCUT2D eigenvalue weighted by molar-refractivity contribution is 0.505. The number of allylic oxidation sites excluding steroid dienone is 6. The molecule has 1 heteroatoms. The molecule has 0 bridgehead atoms. The molecule has 1 saturated carbocycles. The van der Waals surface area contributed by atoms with Crippen LogP contribution in [0.25, 0.3) is 0 Å². The van der Waals surface area contributed by atoms with E-state index in [1.165, 1.54) is 49.7 Å². The van der Waals surface area contributed by atoms with Gasteiger partial charge in [-0.2, -0.15) is 13.5 Å². The van der Waals surface area contributed by atoms with Gasteiger partial charge in [-0.05, 0) is 26.2 Å². The van der Waals surface area contributed by atoms with E-state index < -0.39 is 0 Å². The summed E-state index contributed by atoms with van der Waals surface area (Å²) >= 11 is 0. The molecule has 1 aromatic rings. The van der Waals surface area contributed by atoms with E-state index in [4.69, 9.17) is 0 Å². The summed E-state index contributed by atoms with van der Waals surface area (Å²) in [5, 5.41) is 0. The third-order valence-corrected chi connectivity index (χ3v) is 4.26. The minimum atomic E-state index is 0. The van der Waals surface area contributed by atoms with E-state index in [-0.39, 0.29) is 13.5 Å². The monoisotopic (exact) mass is 344 g/mol. The predicted molar refractivity (Wildman–Crippen MR) is 115 cm³/mol. The van der Waals surface area contributed by atoms with Crippen molar-refractivity contribution in [3.63, 3.8) is 0 Å². The van der Waals surface area contributed by atoms with Gasteiger partial charge in [0.2, 0.25) is 0 Å². The van der Waals surface area contributed by atoms with Gasteiger partial charge in [-0.25, -0.2) is 0 Å². The average Bonchev–Trinajstić information content (AvgIpc) is 2.94. The smallest absolute Gasteiger partial charge is 0.0135 e. The molecule has 0 nitrogen and oxygen atoms in total. The summed E-state index contributed by atoms with van der Waals surface area (Å²) in [6, 6.07) is 10.3. The maximum atomic E-state index is 2.38. The van der Waals surface area contributed by atoms with Gasteiger partial charge in [-0.3, -0.25) is 0 Å². The Labute approximate surface area is 157 Å². The van der Waals surface area contributed by atoms with E-state index in [1.807, 2.05) is 18.2 Å². The lowest BCUT2D eigenvalue weighted by Gasteiger charge is -2.02. The van der Waals surface area contributed by atoms with Gasteiger partial charge < -0.3 is 0 Å². The van der Waals surface area contributed by atoms with Crippen LogP contribution in [0.4, 0.5) is 0 Å². The summed E-state index contributed by atoms with van der Waals surface area (Å²) in [5.74, 6) is 1.03. The molecule has 1 aromatic carbocycles. The molecule has 0 heterocycles. The molecule has 2 aliphatic rings. The zero-order chi connectivity index (χ0) is 16.8. The standard InChI is InChI=1S/C8H16.C8H10.C7H8.H2S/c2*1-8-6-4-2-3-5-7-8;1-7-5-3-2-4-6-7;/h8H,2-7H2,1H3;2-6H,7H2,1H3;2-6H,1H3;1H2. The van der Waals surface area contributed by atoms with Crippen LogP contribution in [0.2, 0.25) is 0 Å². The summed E-state index contributed by atoms with van der Waals surface area (Å²) in [6.07, 6.45) is 20.5. The Hall–Kier alpha value is -1.21. The van der Waals surface area contributed by atoms with E-state index >= 15 is 0 Å². The third kappa shape index (κ3) is 13.2. The maximum Gasteiger partial charge on any atom is -0.0135 e. The minimum Gasteiger partial charge on any atom is -0.197 e. The van der Waals surface area contributed by atoms with Gasteiger partial charge in [-0.1, -0.05) is 117 Å². The van der Waals surface area contributed by atoms with Crippen LogP contribution in [-0.2, 0) is 0 Å². The molecule has 1 fully saturated rings. The molecule has 0 amide bonds. The lowest BCUT2D eigenvalue weighted by Crippen LogP contribution is -1.88. The van der Waals surface area contributed by atoms with Crippen molar-refractivity contribution in [3.8, 4) is 0 Å². The molecule has 0 N–H and O–H groups in total. The Morgan fingerprint density at radius 1 is 0.792 bits per heavy atom. The van der Waals surface area contributed by atoms with Crippen molar-refractivity contribution in [2.45, 2.75) is 65.7 Å². The van der Waals surface area contributed by atoms with Gasteiger partial charge in [0.15, 0.2) is 0 Å². The van der Waals surface area contributed by atoms with Gasteiger partial charge in [-0.15, -0.1) is 0 Å². The Morgan fingerprint density at radius 2 is 1.42 bits per heavy atom. The van der Waals surface area contributed by atoms with Crippen molar-refractivity contribution in [3.05, 3.63) is 71.8 Å². The van der Waals surface area contributed by atoms with E-state index in [9.17, 15) is 0 Å². The summed E-state index contributed by atoms with van der Waals surface area (Å²) in [7, 11) is 0. The second kappa shape index (κ2) is 15.3. The summed E-state index contributed by atoms with van der Waals surface area (Å²) < 4.78 is 0. The van der Waals surface area contributed by atoms with Crippen LogP contribution in [0.5, 0.6) is 0 Å². The number of benzene rings is 1. The van der Waals surface area contributed by atoms with Crippen molar-refractivity contribution >= 4 is 13.5 Å². The Kier molecular flexibility index (Phi) is 14.6. The zero-order valence-corrected chi connectivity index (χ0v) is 16.8. The highest BCUT2D eigenvalue weighted by Crippen LogP contribution is 2.21. The summed E-state index contributed by atoms with van der Waals surface area (Å²) in [6.45, 7) is 6.60. The van der Waals surface area contributed by atoms with Crippen molar-refractivity contribution in [1.82, 2.24) is 0 Å². The average molecular weight is 345 g/mol. The van der Waals surface area contributed by atoms with Crippen LogP contribution in [0.15, 0.2) is 66.3 Å². The van der Waals surface area contributed by atoms with E-state index in [0.717, 1.165) is 12.3 Å². The third-order valence-electron chi connectivity index (χ3n) is 4.26. The van der Waals surface area contributed by atoms with Gasteiger partial charge in [0.25, 0.3) is 0 Å². The van der Waals surface area contributed by atoms with Crippen LogP contribution in [0, 0.1) is 12.8 Å². The molecule has 0 radical (unpaired) electrons. The van der Waals surface area contributed by atoms with Crippen LogP contribution in [0.1, 0.15) is 64.4 Å². The van der Waals surface area contributed by atoms with Crippen molar-refractivity contribution in [2.24, 2.45) is 5.92 Å². The fraction of sp³-hybridized carbons (Fsp3) is 0.478. The molecule has 0 aliphatic heterocycles. The van der Waals surface area contributed by atoms with Gasteiger partial charge in [0.05, 0.1) is 0 Å². The number of hydrogen-bond donors (Lipinski definition) is 0. The highest BCUT2D eigenvalue weighted by Gasteiger charge is 2.05. The Balaban J connectivity index is 0.000000325. The molecule has 0 saturated heterocycles. The van der Waals surface area contributed by atoms with Gasteiger partial charge in [0.1, 0.15) is 0 Å². The topological polar surface area (TPSA) is 0 Å². The molecule has 2 aliphatic carbocycles. The molecule has 0 spiro atoms. The van der Waals surface area contributed by atoms with Crippen molar-refractivity contribution in [1.29, 1.82) is 0 Å². The molecular weight excluding hydrogens is 308 g/mol. The molecule has 134 valence electrons. The fourth-order valence-electron chi connectivity index (χ4n) is 2.70. The molecule has 0 unspecified atom stereocenters. The highest BCUT2D eigenvalue weighted by atomic mass is 32.1. The first-order valence-corrected chi connectivity index (χ1v) is 9.19. The number of hydrogen-bond acceptors (Lipinski definition) is 0. The highest BCUT2D eigenvalue weighted by molar-refractivity contribution is 7.59. The number of aryl methyl sites for hydroxylation is 1. The SMILES string of the molecule is CC1=CC=CC=CC1.CC1CCCCCC1.Cc1ccccc1.S. The second-order valence-corrected chi connectivity index (χ2v) is 6.78. The summed E-state index contributed by atoms with van der Waals surface area (Å²) in [4.78, 5) is 0. The minimum absolute atomic E-state index is 0. The van der Waals surface area contributed by atoms with Crippen LogP contribution < -0.4 is 0 Å². The maximum absolute atomic E-state index is 2.38. The van der Waals surface area contributed by atoms with Crippen molar-refractivity contribution < 1.29 is 0 Å². The first-order chi connectivity index (χ1) is 11.2. The predicted octanol–water partition coefficient (Wildman–Crippen LogP) is 7.53. The van der Waals surface area contributed by atoms with Crippen LogP contribution in [0.3, 0.4) is 0 Å². The Bertz CT molecular complexity index is 474. The van der Waals surface area contributed by atoms with Crippen LogP contribution >= 0.6 is 13.5 Å². The largest absolute Gasteiger partial charge is 0.197 e. The molecule has 24 heavy (non-hydrogen) atoms. The van der Waals surface area contributed by atoms with Crippen molar-refractivity contribution in [2.75, 3.05) is 0 Å². The second-order valence-electron chi connectivity index (χ2n) is 6.78. The summed E-state index contributed by atoms with van der Waals surface area (Å²) in [5.41, 5.74) is 2.75. The zero-order valence-electron chi connectivity index (χ0n) is 15.8. The van der Waals surface area contributed by atoms with Gasteiger partial charge >= 0.3 is 0 Å². The quantitative estimate of drug-likeness (QED) is 0.426. The Morgan fingerprint density at radius 3 is 1.96 bits per heavy atom. The first kappa shape index (κ1) is 22.8. The lowest BCUT2D eigenvalue weighted by atomic mass is 10.0. The molecule has 3 rings (SSSR count). The van der Waals surface area contributed by atoms with E-state index in [2.05, 4.69) is 63.3 Å². The van der Waals surface area contributed by atoms with Crippen LogP contribution in [-0.4, -0.2) is 0 Å². The normalized spacial score (nSPS) is 16.9. The molecule has 0 aromatic heterocycles. The molecular formula is C23H36S. The first-order valence-electron chi connectivity index (χ1n) is 9.19. The number of rotatable bonds is 0. The van der Waals surface area contributed by atoms with E-state index in [0.29, 0.717) is 0 Å². The van der Waals surface area contributed by atoms with Gasteiger partial charge in [0, 0.05) is 0 Å². The molecule has 0 atom stereocenters. The van der Waals surface area contributed by atoms with E-state index in [1.54, 1.807) is 0 Å². The fourth-order valence-corrected chi connectivity index (χ4v) is 2.70.